The highest BCUT2D eigenvalue weighted by Crippen LogP contribution is 2.21. The summed E-state index contributed by atoms with van der Waals surface area (Å²) in [5.41, 5.74) is 2.65. The number of alkyl halides is 3. The fraction of sp³-hybridized carbons (Fsp3) is 0.538. The third-order valence-electron chi connectivity index (χ3n) is 3.00. The molecule has 0 unspecified atom stereocenters. The highest BCUT2D eigenvalue weighted by Gasteiger charge is 2.27. The van der Waals surface area contributed by atoms with Gasteiger partial charge in [-0.2, -0.15) is 13.2 Å². The minimum Gasteiger partial charge on any atom is -0.371 e. The summed E-state index contributed by atoms with van der Waals surface area (Å²) in [6.45, 7) is -0.624. The summed E-state index contributed by atoms with van der Waals surface area (Å²) < 4.78 is 40.0. The fourth-order valence-corrected chi connectivity index (χ4v) is 2.23. The van der Waals surface area contributed by atoms with E-state index in [4.69, 9.17) is 0 Å². The van der Waals surface area contributed by atoms with Gasteiger partial charge in [-0.1, -0.05) is 24.3 Å². The van der Waals surface area contributed by atoms with Crippen LogP contribution >= 0.6 is 0 Å². The van der Waals surface area contributed by atoms with Crippen molar-refractivity contribution >= 4 is 0 Å². The lowest BCUT2D eigenvalue weighted by Crippen LogP contribution is -2.33. The van der Waals surface area contributed by atoms with Crippen molar-refractivity contribution in [2.75, 3.05) is 19.8 Å². The highest BCUT2D eigenvalue weighted by atomic mass is 19.4. The second kappa shape index (κ2) is 5.71. The van der Waals surface area contributed by atoms with E-state index in [0.717, 1.165) is 12.8 Å². The van der Waals surface area contributed by atoms with Crippen LogP contribution in [-0.2, 0) is 17.6 Å². The molecule has 0 amide bonds. The van der Waals surface area contributed by atoms with E-state index in [2.05, 4.69) is 22.2 Å². The topological polar surface area (TPSA) is 21.3 Å². The fourth-order valence-electron chi connectivity index (χ4n) is 2.23. The first-order valence-electron chi connectivity index (χ1n) is 5.99. The van der Waals surface area contributed by atoms with Crippen LogP contribution in [0, 0.1) is 0 Å². The number of hydrogen-bond donors (Lipinski definition) is 1. The first-order chi connectivity index (χ1) is 8.54. The van der Waals surface area contributed by atoms with Gasteiger partial charge in [-0.15, -0.1) is 0 Å². The lowest BCUT2D eigenvalue weighted by molar-refractivity contribution is -0.173. The van der Waals surface area contributed by atoms with E-state index in [9.17, 15) is 13.2 Å². The normalized spacial score (nSPS) is 15.9. The van der Waals surface area contributed by atoms with Crippen LogP contribution in [0.2, 0.25) is 0 Å². The molecule has 0 fully saturated rings. The van der Waals surface area contributed by atoms with E-state index in [1.807, 2.05) is 12.1 Å². The molecule has 1 aliphatic rings. The molecule has 0 aliphatic heterocycles. The van der Waals surface area contributed by atoms with E-state index in [-0.39, 0.29) is 6.61 Å². The first-order valence-corrected chi connectivity index (χ1v) is 5.99. The van der Waals surface area contributed by atoms with Crippen molar-refractivity contribution in [3.05, 3.63) is 35.4 Å². The lowest BCUT2D eigenvalue weighted by Gasteiger charge is -2.12. The summed E-state index contributed by atoms with van der Waals surface area (Å²) in [7, 11) is 0. The van der Waals surface area contributed by atoms with E-state index in [1.165, 1.54) is 11.1 Å². The van der Waals surface area contributed by atoms with Gasteiger partial charge in [0.2, 0.25) is 0 Å². The van der Waals surface area contributed by atoms with E-state index >= 15 is 0 Å². The standard InChI is InChI=1S/C13H16F3NO/c14-13(15,16)9-18-6-5-17-12-7-10-3-1-2-4-11(10)8-12/h1-4,12,17H,5-9H2. The molecule has 0 heterocycles. The molecule has 0 bridgehead atoms. The summed E-state index contributed by atoms with van der Waals surface area (Å²) in [5, 5.41) is 3.22. The smallest absolute Gasteiger partial charge is 0.371 e. The van der Waals surface area contributed by atoms with Crippen LogP contribution in [0.3, 0.4) is 0 Å². The average molecular weight is 259 g/mol. The molecule has 1 N–H and O–H groups in total. The third kappa shape index (κ3) is 3.99. The van der Waals surface area contributed by atoms with Crippen molar-refractivity contribution in [1.29, 1.82) is 0 Å². The van der Waals surface area contributed by atoms with Crippen molar-refractivity contribution in [3.63, 3.8) is 0 Å². The zero-order valence-electron chi connectivity index (χ0n) is 9.96. The molecule has 0 spiro atoms. The van der Waals surface area contributed by atoms with Gasteiger partial charge < -0.3 is 10.1 Å². The Kier molecular flexibility index (Phi) is 4.24. The SMILES string of the molecule is FC(F)(F)COCCNC1Cc2ccccc2C1. The molecular formula is C13H16F3NO. The number of rotatable bonds is 5. The van der Waals surface area contributed by atoms with Gasteiger partial charge in [-0.25, -0.2) is 0 Å². The molecule has 0 saturated carbocycles. The van der Waals surface area contributed by atoms with Crippen molar-refractivity contribution in [3.8, 4) is 0 Å². The predicted molar refractivity (Wildman–Crippen MR) is 62.5 cm³/mol. The molecule has 0 saturated heterocycles. The molecule has 5 heteroatoms. The Labute approximate surface area is 104 Å². The molecule has 1 aliphatic carbocycles. The number of nitrogens with one attached hydrogen (secondary N) is 1. The van der Waals surface area contributed by atoms with Gasteiger partial charge in [0.15, 0.2) is 0 Å². The van der Waals surface area contributed by atoms with Crippen molar-refractivity contribution in [1.82, 2.24) is 5.32 Å². The zero-order chi connectivity index (χ0) is 13.0. The van der Waals surface area contributed by atoms with E-state index in [0.29, 0.717) is 12.6 Å². The summed E-state index contributed by atoms with van der Waals surface area (Å²) in [4.78, 5) is 0. The van der Waals surface area contributed by atoms with Crippen LogP contribution in [0.15, 0.2) is 24.3 Å². The van der Waals surface area contributed by atoms with Gasteiger partial charge in [0.05, 0.1) is 6.61 Å². The van der Waals surface area contributed by atoms with Gasteiger partial charge in [0.1, 0.15) is 6.61 Å². The molecule has 1 aromatic rings. The van der Waals surface area contributed by atoms with Gasteiger partial charge >= 0.3 is 6.18 Å². The van der Waals surface area contributed by atoms with Crippen LogP contribution in [-0.4, -0.2) is 32.0 Å². The first kappa shape index (κ1) is 13.4. The third-order valence-corrected chi connectivity index (χ3v) is 3.00. The average Bonchev–Trinajstić information content (AvgIpc) is 2.69. The lowest BCUT2D eigenvalue weighted by atomic mass is 10.1. The number of hydrogen-bond acceptors (Lipinski definition) is 2. The van der Waals surface area contributed by atoms with Crippen LogP contribution < -0.4 is 5.32 Å². The molecule has 0 aromatic heterocycles. The molecule has 0 atom stereocenters. The van der Waals surface area contributed by atoms with Crippen LogP contribution in [0.5, 0.6) is 0 Å². The maximum atomic E-state index is 11.8. The molecule has 2 rings (SSSR count). The Morgan fingerprint density at radius 2 is 1.78 bits per heavy atom. The van der Waals surface area contributed by atoms with Gasteiger partial charge in [0.25, 0.3) is 0 Å². The van der Waals surface area contributed by atoms with Crippen LogP contribution in [0.25, 0.3) is 0 Å². The van der Waals surface area contributed by atoms with Crippen LogP contribution in [0.4, 0.5) is 13.2 Å². The highest BCUT2D eigenvalue weighted by molar-refractivity contribution is 5.33. The van der Waals surface area contributed by atoms with Gasteiger partial charge in [-0.05, 0) is 24.0 Å². The van der Waals surface area contributed by atoms with E-state index < -0.39 is 12.8 Å². The molecule has 18 heavy (non-hydrogen) atoms. The molecule has 2 nitrogen and oxygen atoms in total. The summed E-state index contributed by atoms with van der Waals surface area (Å²) in [6, 6.07) is 8.52. The van der Waals surface area contributed by atoms with Crippen LogP contribution in [0.1, 0.15) is 11.1 Å². The van der Waals surface area contributed by atoms with Gasteiger partial charge in [-0.3, -0.25) is 0 Å². The Hall–Kier alpha value is -1.07. The summed E-state index contributed by atoms with van der Waals surface area (Å²) in [5.74, 6) is 0. The maximum absolute atomic E-state index is 11.8. The Bertz CT molecular complexity index is 367. The number of benzene rings is 1. The molecule has 1 aromatic carbocycles. The molecular weight excluding hydrogens is 243 g/mol. The second-order valence-electron chi connectivity index (χ2n) is 4.50. The molecule has 0 radical (unpaired) electrons. The minimum atomic E-state index is -4.23. The van der Waals surface area contributed by atoms with Gasteiger partial charge in [0, 0.05) is 12.6 Å². The largest absolute Gasteiger partial charge is 0.411 e. The zero-order valence-corrected chi connectivity index (χ0v) is 9.96. The summed E-state index contributed by atoms with van der Waals surface area (Å²) in [6.07, 6.45) is -2.35. The number of ether oxygens (including phenoxy) is 1. The van der Waals surface area contributed by atoms with E-state index in [1.54, 1.807) is 0 Å². The maximum Gasteiger partial charge on any atom is 0.411 e. The van der Waals surface area contributed by atoms with Crippen molar-refractivity contribution in [2.24, 2.45) is 0 Å². The number of halogens is 3. The quantitative estimate of drug-likeness (QED) is 0.819. The summed E-state index contributed by atoms with van der Waals surface area (Å²) >= 11 is 0. The Morgan fingerprint density at radius 3 is 2.33 bits per heavy atom. The monoisotopic (exact) mass is 259 g/mol. The van der Waals surface area contributed by atoms with Crippen molar-refractivity contribution in [2.45, 2.75) is 25.1 Å². The Balaban J connectivity index is 1.63. The second-order valence-corrected chi connectivity index (χ2v) is 4.50. The molecule has 100 valence electrons. The Morgan fingerprint density at radius 1 is 1.17 bits per heavy atom. The minimum absolute atomic E-state index is 0.0896. The number of fused-ring (bicyclic) bond motifs is 1. The predicted octanol–water partition coefficient (Wildman–Crippen LogP) is 2.32. The van der Waals surface area contributed by atoms with Crippen molar-refractivity contribution < 1.29 is 17.9 Å².